The summed E-state index contributed by atoms with van der Waals surface area (Å²) in [5.74, 6) is 0.929. The molecule has 0 fully saturated rings. The molecule has 0 saturated heterocycles. The van der Waals surface area contributed by atoms with Gasteiger partial charge in [0.2, 0.25) is 0 Å². The second-order valence-corrected chi connectivity index (χ2v) is 41.2. The summed E-state index contributed by atoms with van der Waals surface area (Å²) in [6.07, 6.45) is 18.4. The van der Waals surface area contributed by atoms with Gasteiger partial charge in [-0.25, -0.2) is 9.97 Å². The van der Waals surface area contributed by atoms with Gasteiger partial charge in [0.25, 0.3) is 0 Å². The van der Waals surface area contributed by atoms with E-state index in [2.05, 4.69) is 459 Å². The van der Waals surface area contributed by atoms with Crippen LogP contribution in [0.15, 0.2) is 400 Å². The van der Waals surface area contributed by atoms with Gasteiger partial charge in [-0.05, 0) is 305 Å². The third kappa shape index (κ3) is 10.8. The number of anilines is 2. The van der Waals surface area contributed by atoms with Crippen LogP contribution >= 0.6 is 0 Å². The minimum absolute atomic E-state index is 0.0493. The minimum atomic E-state index is -0.127. The highest BCUT2D eigenvalue weighted by molar-refractivity contribution is 6.18. The Morgan fingerprint density at radius 2 is 0.812 bits per heavy atom. The summed E-state index contributed by atoms with van der Waals surface area (Å²) in [7, 11) is 0. The molecule has 7 nitrogen and oxygen atoms in total. The van der Waals surface area contributed by atoms with Crippen LogP contribution in [0.4, 0.5) is 11.4 Å². The highest BCUT2D eigenvalue weighted by Crippen LogP contribution is 2.59. The smallest absolute Gasteiger partial charge is 0.160 e. The van der Waals surface area contributed by atoms with E-state index in [1.54, 1.807) is 0 Å². The Balaban J connectivity index is 0.510. The number of fused-ring (bicyclic) bond motifs is 26. The maximum absolute atomic E-state index is 5.77. The average molecular weight is 1770 g/mol. The van der Waals surface area contributed by atoms with Gasteiger partial charge in [0.1, 0.15) is 0 Å². The third-order valence-corrected chi connectivity index (χ3v) is 33.1. The van der Waals surface area contributed by atoms with Crippen molar-refractivity contribution < 1.29 is 0 Å². The molecule has 2 atom stereocenters. The van der Waals surface area contributed by atoms with Crippen molar-refractivity contribution in [1.29, 1.82) is 0 Å². The first kappa shape index (κ1) is 77.9. The molecule has 0 amide bonds. The number of hydrogen-bond acceptors (Lipinski definition) is 3. The van der Waals surface area contributed by atoms with Crippen LogP contribution in [-0.4, -0.2) is 28.2 Å². The molecule has 5 aromatic heterocycles. The topological polar surface area (TPSA) is 48.7 Å². The normalized spacial score (nSPS) is 16.7. The summed E-state index contributed by atoms with van der Waals surface area (Å²) in [4.78, 5) is 14.0. The van der Waals surface area contributed by atoms with Gasteiger partial charge in [-0.1, -0.05) is 278 Å². The summed E-state index contributed by atoms with van der Waals surface area (Å²) in [5.41, 5.74) is 50.6. The molecule has 2 unspecified atom stereocenters. The van der Waals surface area contributed by atoms with Crippen molar-refractivity contribution >= 4 is 116 Å². The van der Waals surface area contributed by atoms with Gasteiger partial charge < -0.3 is 23.2 Å². The fourth-order valence-electron chi connectivity index (χ4n) is 26.5. The summed E-state index contributed by atoms with van der Waals surface area (Å²) in [5, 5.41) is 11.2. The quantitative estimate of drug-likeness (QED) is 0.137. The van der Waals surface area contributed by atoms with Gasteiger partial charge in [-0.3, -0.25) is 0 Å². The van der Waals surface area contributed by atoms with Crippen LogP contribution in [0, 0.1) is 0 Å². The number of benzene rings is 17. The molecule has 17 aromatic carbocycles. The summed E-state index contributed by atoms with van der Waals surface area (Å²) in [6.45, 7) is 14.3. The number of allylic oxidation sites excluding steroid dienone is 9. The van der Waals surface area contributed by atoms with Gasteiger partial charge in [0, 0.05) is 134 Å². The highest BCUT2D eigenvalue weighted by atomic mass is 15.2. The van der Waals surface area contributed by atoms with Crippen molar-refractivity contribution in [2.75, 3.05) is 4.90 Å². The van der Waals surface area contributed by atoms with Crippen molar-refractivity contribution in [3.8, 4) is 101 Å². The summed E-state index contributed by atoms with van der Waals surface area (Å²) >= 11 is 0. The Bertz CT molecular complexity index is 9430. The average Bonchev–Trinajstić information content (AvgIpc) is 1.57. The highest BCUT2D eigenvalue weighted by Gasteiger charge is 2.43. The van der Waals surface area contributed by atoms with Gasteiger partial charge in [0.05, 0.1) is 50.0 Å². The van der Waals surface area contributed by atoms with Crippen LogP contribution in [0.5, 0.6) is 0 Å². The van der Waals surface area contributed by atoms with Crippen molar-refractivity contribution in [2.24, 2.45) is 0 Å². The maximum atomic E-state index is 5.77. The van der Waals surface area contributed by atoms with E-state index in [-0.39, 0.29) is 28.1 Å². The molecule has 1 aliphatic heterocycles. The molecular weight excluding hydrogens is 1670 g/mol. The van der Waals surface area contributed by atoms with Crippen LogP contribution < -0.4 is 4.90 Å². The Morgan fingerprint density at radius 1 is 0.326 bits per heavy atom. The van der Waals surface area contributed by atoms with E-state index in [1.165, 1.54) is 227 Å². The van der Waals surface area contributed by atoms with Crippen LogP contribution in [0.3, 0.4) is 0 Å². The lowest BCUT2D eigenvalue weighted by Gasteiger charge is -2.26. The van der Waals surface area contributed by atoms with Crippen LogP contribution in [0.2, 0.25) is 0 Å². The fourth-order valence-corrected chi connectivity index (χ4v) is 26.5. The van der Waals surface area contributed by atoms with E-state index in [4.69, 9.17) is 9.97 Å². The predicted octanol–water partition coefficient (Wildman–Crippen LogP) is 33.5. The van der Waals surface area contributed by atoms with Crippen molar-refractivity contribution in [3.63, 3.8) is 0 Å². The molecule has 652 valence electrons. The number of hydrogen-bond donors (Lipinski definition) is 0. The third-order valence-electron chi connectivity index (χ3n) is 33.1. The Morgan fingerprint density at radius 3 is 1.47 bits per heavy atom. The number of nitrogens with zero attached hydrogens (tertiary/aromatic N) is 7. The van der Waals surface area contributed by atoms with Crippen LogP contribution in [0.25, 0.3) is 205 Å². The minimum Gasteiger partial charge on any atom is -0.313 e. The van der Waals surface area contributed by atoms with Crippen molar-refractivity contribution in [2.45, 2.75) is 95.3 Å². The van der Waals surface area contributed by atoms with Crippen molar-refractivity contribution in [3.05, 3.63) is 461 Å². The van der Waals surface area contributed by atoms with Gasteiger partial charge >= 0.3 is 0 Å². The lowest BCUT2D eigenvalue weighted by atomic mass is 9.80. The molecule has 8 aliphatic rings. The van der Waals surface area contributed by atoms with Crippen LogP contribution in [0.1, 0.15) is 134 Å². The zero-order chi connectivity index (χ0) is 91.2. The predicted molar refractivity (Wildman–Crippen MR) is 574 cm³/mol. The molecule has 7 heteroatoms. The lowest BCUT2D eigenvalue weighted by Crippen LogP contribution is -2.17. The zero-order valence-corrected chi connectivity index (χ0v) is 77.6. The van der Waals surface area contributed by atoms with E-state index in [9.17, 15) is 0 Å². The fraction of sp³-hybridized carbons (Fsp3) is 0.115. The largest absolute Gasteiger partial charge is 0.313 e. The number of para-hydroxylation sites is 4. The molecule has 0 radical (unpaired) electrons. The second-order valence-electron chi connectivity index (χ2n) is 41.2. The van der Waals surface area contributed by atoms with E-state index in [1.807, 2.05) is 0 Å². The molecule has 6 heterocycles. The van der Waals surface area contributed by atoms with E-state index < -0.39 is 0 Å². The summed E-state index contributed by atoms with van der Waals surface area (Å²) in [6, 6.07) is 136. The Kier molecular flexibility index (Phi) is 16.0. The van der Waals surface area contributed by atoms with Crippen molar-refractivity contribution in [1.82, 2.24) is 28.2 Å². The van der Waals surface area contributed by atoms with Gasteiger partial charge in [0.15, 0.2) is 5.82 Å². The van der Waals surface area contributed by atoms with Gasteiger partial charge in [-0.15, -0.1) is 0 Å². The van der Waals surface area contributed by atoms with Crippen LogP contribution in [-0.2, 0) is 22.7 Å². The van der Waals surface area contributed by atoms with Gasteiger partial charge in [-0.2, -0.15) is 0 Å². The number of aromatic nitrogens is 6. The van der Waals surface area contributed by atoms with E-state index >= 15 is 0 Å². The molecule has 0 spiro atoms. The van der Waals surface area contributed by atoms with E-state index in [0.717, 1.165) is 76.3 Å². The maximum Gasteiger partial charge on any atom is 0.160 e. The molecule has 0 bridgehead atoms. The molecule has 138 heavy (non-hydrogen) atoms. The Labute approximate surface area is 800 Å². The zero-order valence-electron chi connectivity index (χ0n) is 77.6. The SMILES string of the molecule is CC1(C)C2=C(CCC=C2)c2ccc(-n3c4ccccc4c4cc(C5=CC=C6C(C5)c5cc(-c7ccc8c(c7)c7ccccc7n8-c7ccc8c(c7)C(C)(C)c7ccccc7-8)ccc5N6c5ccc(-c6nc(-c7ccc(-n8c9ccccc9c9cc(C%10C=Cc%11c(c%12ccccc%12n%11-c%11ccc%12c(c%11)C(C)(C)c%11ccccc%11-%12)C%10)ccc98)cc7)nc7c6-c6cccc8cccc-7c68)cc5)ccc43)cc21. The molecule has 0 N–H and O–H groups in total. The second kappa shape index (κ2) is 28.3. The van der Waals surface area contributed by atoms with E-state index in [0.29, 0.717) is 5.82 Å². The number of rotatable bonds is 10. The molecular formula is C131H93N7. The first-order valence-corrected chi connectivity index (χ1v) is 49.1. The molecule has 22 aromatic rings. The first-order valence-electron chi connectivity index (χ1n) is 49.1. The standard InChI is InChI=1S/C131H93N7/c1-129(2)108-34-14-7-25-90(108)93-58-55-87(73-111(93)129)136-115-38-18-11-29-97(115)103-68-80(46-62-119(103)136)79-45-61-118-102(67-79)96-28-10-17-37-114(96)134(118)86-53-43-78(44-54-86)128-132-126(125-100-32-21-23-76-24-22-33-101(124(76)100)127(125)133-128)77-41-51-85(52-42-77)135-122-65-49-83(81-47-63-120-104(69-81)98-30-12-19-39-116(98)137(120)88-56-59-94-91-26-8-15-35-109(91)130(3,4)112(94)74-88)71-106(122)107-72-84(50-66-123(107)135)82-48-64-121-105(70-82)99-31-13-20-40-117(99)138(121)89-57-60-95-92-27-9-16-36-110(92)131(5,6)113(95)75-89/h7-8,10-26,28-67,69-71,73-75,80,107H,9,27,68,72H2,1-6H3. The Hall–Kier alpha value is -16.5. The molecule has 0 saturated carbocycles. The lowest BCUT2D eigenvalue weighted by molar-refractivity contribution is 0.651. The first-order chi connectivity index (χ1) is 67.7. The summed E-state index contributed by atoms with van der Waals surface area (Å²) < 4.78 is 9.96. The molecule has 7 aliphatic carbocycles. The monoisotopic (exact) mass is 1760 g/mol. The molecule has 30 rings (SSSR count).